The van der Waals surface area contributed by atoms with E-state index in [-0.39, 0.29) is 21.7 Å². The summed E-state index contributed by atoms with van der Waals surface area (Å²) in [5.41, 5.74) is -3.99. The van der Waals surface area contributed by atoms with E-state index in [1.807, 2.05) is 0 Å². The molecule has 1 aromatic carbocycles. The topological polar surface area (TPSA) is 0 Å². The van der Waals surface area contributed by atoms with Crippen molar-refractivity contribution in [1.29, 1.82) is 0 Å². The molecule has 0 aliphatic carbocycles. The molecule has 0 aliphatic heterocycles. The molecule has 0 bridgehead atoms. The van der Waals surface area contributed by atoms with Gasteiger partial charge in [0.05, 0.1) is 0 Å². The molecule has 1 aromatic rings. The van der Waals surface area contributed by atoms with Gasteiger partial charge in [0, 0.05) is 15.5 Å². The smallest absolute Gasteiger partial charge is 0.160 e. The minimum Gasteiger partial charge on any atom is -0.160 e. The minimum atomic E-state index is -4.32. The number of thioether (sulfide) groups is 1. The Kier molecular flexibility index (Phi) is 3.95. The zero-order chi connectivity index (χ0) is 11.5. The van der Waals surface area contributed by atoms with Crippen LogP contribution in [-0.2, 0) is 0 Å². The second kappa shape index (κ2) is 4.82. The zero-order valence-electron chi connectivity index (χ0n) is 7.65. The summed E-state index contributed by atoms with van der Waals surface area (Å²) in [6, 6.07) is 4.26. The summed E-state index contributed by atoms with van der Waals surface area (Å²) in [5.74, 6) is 5.15. The Bertz CT molecular complexity index is 415. The van der Waals surface area contributed by atoms with Crippen LogP contribution in [0.4, 0.5) is 13.2 Å². The Labute approximate surface area is 94.8 Å². The van der Waals surface area contributed by atoms with Gasteiger partial charge in [-0.25, -0.2) is 0 Å². The fourth-order valence-corrected chi connectivity index (χ4v) is 1.84. The molecular weight excluding hydrogens is 245 g/mol. The first kappa shape index (κ1) is 12.3. The van der Waals surface area contributed by atoms with Crippen molar-refractivity contribution in [2.45, 2.75) is 17.3 Å². The standard InChI is InChI=1S/C10H6ClF3S/c1-2-3-7-4-5-8(11)6-9(7)15-10(12,13)14/h4-6H,1H3. The molecule has 0 heterocycles. The summed E-state index contributed by atoms with van der Waals surface area (Å²) in [4.78, 5) is 0.0318. The van der Waals surface area contributed by atoms with Crippen molar-refractivity contribution in [1.82, 2.24) is 0 Å². The Hall–Kier alpha value is -0.790. The van der Waals surface area contributed by atoms with E-state index in [1.165, 1.54) is 18.2 Å². The van der Waals surface area contributed by atoms with Gasteiger partial charge in [-0.3, -0.25) is 0 Å². The second-order valence-corrected chi connectivity index (χ2v) is 4.11. The van der Waals surface area contributed by atoms with Gasteiger partial charge < -0.3 is 0 Å². The van der Waals surface area contributed by atoms with E-state index < -0.39 is 5.51 Å². The number of halogens is 4. The van der Waals surface area contributed by atoms with E-state index in [2.05, 4.69) is 11.8 Å². The molecule has 1 rings (SSSR count). The van der Waals surface area contributed by atoms with Crippen LogP contribution < -0.4 is 0 Å². The van der Waals surface area contributed by atoms with E-state index in [4.69, 9.17) is 11.6 Å². The maximum atomic E-state index is 12.2. The third-order valence-corrected chi connectivity index (χ3v) is 2.45. The molecule has 15 heavy (non-hydrogen) atoms. The highest BCUT2D eigenvalue weighted by Gasteiger charge is 2.30. The van der Waals surface area contributed by atoms with Crippen molar-refractivity contribution in [2.24, 2.45) is 0 Å². The largest absolute Gasteiger partial charge is 0.446 e. The van der Waals surface area contributed by atoms with E-state index in [0.29, 0.717) is 5.56 Å². The van der Waals surface area contributed by atoms with Crippen LogP contribution in [0.25, 0.3) is 0 Å². The molecule has 0 aliphatic rings. The lowest BCUT2D eigenvalue weighted by Gasteiger charge is -2.07. The van der Waals surface area contributed by atoms with E-state index >= 15 is 0 Å². The molecule has 0 amide bonds. The minimum absolute atomic E-state index is 0.0318. The zero-order valence-corrected chi connectivity index (χ0v) is 9.22. The first-order chi connectivity index (χ1) is 6.92. The van der Waals surface area contributed by atoms with Crippen LogP contribution in [0.2, 0.25) is 5.02 Å². The molecule has 0 saturated carbocycles. The molecule has 0 aromatic heterocycles. The Morgan fingerprint density at radius 2 is 2.00 bits per heavy atom. The van der Waals surface area contributed by atoms with E-state index in [0.717, 1.165) is 0 Å². The molecule has 0 fully saturated rings. The molecule has 0 atom stereocenters. The van der Waals surface area contributed by atoms with Gasteiger partial charge in [-0.2, -0.15) is 13.2 Å². The highest BCUT2D eigenvalue weighted by molar-refractivity contribution is 8.00. The Morgan fingerprint density at radius 3 is 2.53 bits per heavy atom. The summed E-state index contributed by atoms with van der Waals surface area (Å²) in [6.07, 6.45) is 0. The first-order valence-electron chi connectivity index (χ1n) is 3.90. The van der Waals surface area contributed by atoms with Crippen LogP contribution in [-0.4, -0.2) is 5.51 Å². The second-order valence-electron chi connectivity index (χ2n) is 2.56. The van der Waals surface area contributed by atoms with Crippen molar-refractivity contribution >= 4 is 23.4 Å². The van der Waals surface area contributed by atoms with Crippen molar-refractivity contribution < 1.29 is 13.2 Å². The molecule has 80 valence electrons. The number of rotatable bonds is 1. The molecule has 0 unspecified atom stereocenters. The van der Waals surface area contributed by atoms with Crippen LogP contribution in [0, 0.1) is 11.8 Å². The highest BCUT2D eigenvalue weighted by Crippen LogP contribution is 2.39. The van der Waals surface area contributed by atoms with Crippen molar-refractivity contribution in [2.75, 3.05) is 0 Å². The van der Waals surface area contributed by atoms with Crippen molar-refractivity contribution in [3.63, 3.8) is 0 Å². The van der Waals surface area contributed by atoms with Crippen LogP contribution in [0.1, 0.15) is 12.5 Å². The van der Waals surface area contributed by atoms with Crippen LogP contribution in [0.3, 0.4) is 0 Å². The summed E-state index contributed by atoms with van der Waals surface area (Å²) >= 11 is 5.41. The lowest BCUT2D eigenvalue weighted by molar-refractivity contribution is -0.0328. The first-order valence-corrected chi connectivity index (χ1v) is 5.10. The van der Waals surface area contributed by atoms with Crippen LogP contribution >= 0.6 is 23.4 Å². The number of alkyl halides is 3. The Balaban J connectivity index is 3.11. The average Bonchev–Trinajstić information content (AvgIpc) is 2.07. The average molecular weight is 251 g/mol. The molecule has 0 radical (unpaired) electrons. The van der Waals surface area contributed by atoms with Crippen molar-refractivity contribution in [3.8, 4) is 11.8 Å². The fourth-order valence-electron chi connectivity index (χ4n) is 0.943. The molecule has 0 N–H and O–H groups in total. The van der Waals surface area contributed by atoms with Gasteiger partial charge in [0.25, 0.3) is 0 Å². The summed E-state index contributed by atoms with van der Waals surface area (Å²) in [7, 11) is 0. The lowest BCUT2D eigenvalue weighted by atomic mass is 10.2. The molecule has 0 saturated heterocycles. The van der Waals surface area contributed by atoms with Crippen LogP contribution in [0.5, 0.6) is 0 Å². The molecular formula is C10H6ClF3S. The third-order valence-electron chi connectivity index (χ3n) is 1.43. The summed E-state index contributed by atoms with van der Waals surface area (Å²) in [6.45, 7) is 1.57. The van der Waals surface area contributed by atoms with Gasteiger partial charge >= 0.3 is 5.51 Å². The summed E-state index contributed by atoms with van der Waals surface area (Å²) in [5, 5.41) is 0.267. The fraction of sp³-hybridized carbons (Fsp3) is 0.200. The molecule has 0 nitrogen and oxygen atoms in total. The summed E-state index contributed by atoms with van der Waals surface area (Å²) < 4.78 is 36.5. The van der Waals surface area contributed by atoms with E-state index in [1.54, 1.807) is 6.92 Å². The van der Waals surface area contributed by atoms with Gasteiger partial charge in [-0.1, -0.05) is 17.5 Å². The number of benzene rings is 1. The monoisotopic (exact) mass is 250 g/mol. The van der Waals surface area contributed by atoms with Crippen LogP contribution in [0.15, 0.2) is 23.1 Å². The van der Waals surface area contributed by atoms with Crippen molar-refractivity contribution in [3.05, 3.63) is 28.8 Å². The predicted octanol–water partition coefficient (Wildman–Crippen LogP) is 4.32. The quantitative estimate of drug-likeness (QED) is 0.528. The van der Waals surface area contributed by atoms with Gasteiger partial charge in [-0.15, -0.1) is 5.92 Å². The molecule has 5 heteroatoms. The van der Waals surface area contributed by atoms with E-state index in [9.17, 15) is 13.2 Å². The maximum absolute atomic E-state index is 12.2. The SMILES string of the molecule is CC#Cc1ccc(Cl)cc1SC(F)(F)F. The predicted molar refractivity (Wildman–Crippen MR) is 55.9 cm³/mol. The number of hydrogen-bond acceptors (Lipinski definition) is 1. The third kappa shape index (κ3) is 4.06. The van der Waals surface area contributed by atoms with Gasteiger partial charge in [-0.05, 0) is 36.9 Å². The lowest BCUT2D eigenvalue weighted by Crippen LogP contribution is -2.00. The molecule has 0 spiro atoms. The van der Waals surface area contributed by atoms with Gasteiger partial charge in [0.15, 0.2) is 0 Å². The van der Waals surface area contributed by atoms with Gasteiger partial charge in [0.2, 0.25) is 0 Å². The highest BCUT2D eigenvalue weighted by atomic mass is 35.5. The normalized spacial score (nSPS) is 10.7. The Morgan fingerprint density at radius 1 is 1.33 bits per heavy atom. The number of hydrogen-bond donors (Lipinski definition) is 0. The maximum Gasteiger partial charge on any atom is 0.446 e. The van der Waals surface area contributed by atoms with Gasteiger partial charge in [0.1, 0.15) is 0 Å².